The van der Waals surface area contributed by atoms with Gasteiger partial charge in [0.2, 0.25) is 5.89 Å². The highest BCUT2D eigenvalue weighted by molar-refractivity contribution is 5.95. The summed E-state index contributed by atoms with van der Waals surface area (Å²) in [6.07, 6.45) is 0. The first-order chi connectivity index (χ1) is 14.0. The number of hydrogen-bond donors (Lipinski definition) is 0. The van der Waals surface area contributed by atoms with Crippen molar-refractivity contribution in [3.63, 3.8) is 0 Å². The molecule has 0 atom stereocenters. The third kappa shape index (κ3) is 3.82. The Bertz CT molecular complexity index is 1180. The summed E-state index contributed by atoms with van der Waals surface area (Å²) in [4.78, 5) is 21.6. The highest BCUT2D eigenvalue weighted by atomic mass is 16.5. The van der Waals surface area contributed by atoms with Crippen LogP contribution < -0.4 is 4.74 Å². The molecule has 146 valence electrons. The third-order valence-corrected chi connectivity index (χ3v) is 4.69. The Morgan fingerprint density at radius 2 is 1.83 bits per heavy atom. The summed E-state index contributed by atoms with van der Waals surface area (Å²) < 4.78 is 16.4. The zero-order valence-electron chi connectivity index (χ0n) is 16.4. The number of carbonyl (C=O) groups is 1. The third-order valence-electron chi connectivity index (χ3n) is 4.69. The van der Waals surface area contributed by atoms with Crippen molar-refractivity contribution in [2.75, 3.05) is 7.11 Å². The average Bonchev–Trinajstić information content (AvgIpc) is 3.12. The second-order valence-electron chi connectivity index (χ2n) is 6.64. The molecule has 0 amide bonds. The van der Waals surface area contributed by atoms with Crippen LogP contribution in [0.25, 0.3) is 22.4 Å². The van der Waals surface area contributed by atoms with Crippen LogP contribution in [0.4, 0.5) is 0 Å². The van der Waals surface area contributed by atoms with Crippen LogP contribution in [-0.4, -0.2) is 23.0 Å². The fourth-order valence-electron chi connectivity index (χ4n) is 3.05. The summed E-state index contributed by atoms with van der Waals surface area (Å²) in [6, 6.07) is 16.9. The molecule has 0 aliphatic heterocycles. The minimum Gasteiger partial charge on any atom is -0.497 e. The average molecular weight is 388 g/mol. The van der Waals surface area contributed by atoms with Gasteiger partial charge < -0.3 is 13.9 Å². The van der Waals surface area contributed by atoms with Gasteiger partial charge in [0.1, 0.15) is 23.8 Å². The summed E-state index contributed by atoms with van der Waals surface area (Å²) in [7, 11) is 1.61. The smallest absolute Gasteiger partial charge is 0.340 e. The summed E-state index contributed by atoms with van der Waals surface area (Å²) >= 11 is 0. The Kier molecular flexibility index (Phi) is 4.99. The van der Waals surface area contributed by atoms with Gasteiger partial charge in [-0.3, -0.25) is 4.98 Å². The van der Waals surface area contributed by atoms with Crippen LogP contribution >= 0.6 is 0 Å². The van der Waals surface area contributed by atoms with E-state index in [1.807, 2.05) is 48.5 Å². The Morgan fingerprint density at radius 3 is 2.59 bits per heavy atom. The van der Waals surface area contributed by atoms with E-state index in [0.717, 1.165) is 22.2 Å². The van der Waals surface area contributed by atoms with Crippen molar-refractivity contribution in [3.05, 3.63) is 77.3 Å². The molecular formula is C23H20N2O4. The van der Waals surface area contributed by atoms with Crippen molar-refractivity contribution in [1.29, 1.82) is 0 Å². The molecule has 0 aliphatic carbocycles. The van der Waals surface area contributed by atoms with Crippen molar-refractivity contribution >= 4 is 16.9 Å². The van der Waals surface area contributed by atoms with Crippen molar-refractivity contribution in [2.45, 2.75) is 20.5 Å². The first-order valence-electron chi connectivity index (χ1n) is 9.19. The normalized spacial score (nSPS) is 10.9. The molecule has 0 saturated carbocycles. The van der Waals surface area contributed by atoms with Crippen molar-refractivity contribution < 1.29 is 18.7 Å². The number of ether oxygens (including phenoxy) is 2. The van der Waals surface area contributed by atoms with E-state index in [1.165, 1.54) is 0 Å². The molecule has 0 unspecified atom stereocenters. The van der Waals surface area contributed by atoms with Crippen LogP contribution in [0.2, 0.25) is 0 Å². The van der Waals surface area contributed by atoms with Gasteiger partial charge in [0.15, 0.2) is 0 Å². The van der Waals surface area contributed by atoms with Gasteiger partial charge in [-0.15, -0.1) is 0 Å². The fraction of sp³-hybridized carbons (Fsp3) is 0.174. The van der Waals surface area contributed by atoms with E-state index in [0.29, 0.717) is 28.6 Å². The molecule has 0 N–H and O–H groups in total. The molecule has 0 fully saturated rings. The van der Waals surface area contributed by atoms with E-state index in [4.69, 9.17) is 13.9 Å². The molecule has 2 heterocycles. The largest absolute Gasteiger partial charge is 0.497 e. The highest BCUT2D eigenvalue weighted by Crippen LogP contribution is 2.24. The Balaban J connectivity index is 1.53. The number of aromatic nitrogens is 2. The van der Waals surface area contributed by atoms with Crippen molar-refractivity contribution in [2.24, 2.45) is 0 Å². The second kappa shape index (κ2) is 7.75. The number of nitrogens with zero attached hydrogens (tertiary/aromatic N) is 2. The van der Waals surface area contributed by atoms with Gasteiger partial charge in [-0.05, 0) is 44.2 Å². The zero-order chi connectivity index (χ0) is 20.4. The van der Waals surface area contributed by atoms with Crippen LogP contribution in [0.3, 0.4) is 0 Å². The van der Waals surface area contributed by atoms with E-state index < -0.39 is 5.97 Å². The molecule has 6 nitrogen and oxygen atoms in total. The van der Waals surface area contributed by atoms with Crippen molar-refractivity contribution in [3.8, 4) is 17.2 Å². The molecule has 0 radical (unpaired) electrons. The maximum absolute atomic E-state index is 12.6. The summed E-state index contributed by atoms with van der Waals surface area (Å²) in [6.45, 7) is 3.62. The van der Waals surface area contributed by atoms with Gasteiger partial charge in [-0.1, -0.05) is 18.2 Å². The van der Waals surface area contributed by atoms with Crippen molar-refractivity contribution in [1.82, 2.24) is 9.97 Å². The lowest BCUT2D eigenvalue weighted by Crippen LogP contribution is -2.09. The number of carbonyl (C=O) groups excluding carboxylic acids is 1. The van der Waals surface area contributed by atoms with Crippen LogP contribution in [0.5, 0.6) is 5.75 Å². The van der Waals surface area contributed by atoms with Gasteiger partial charge in [0, 0.05) is 17.0 Å². The van der Waals surface area contributed by atoms with Gasteiger partial charge >= 0.3 is 5.97 Å². The molecule has 29 heavy (non-hydrogen) atoms. The van der Waals surface area contributed by atoms with E-state index in [1.54, 1.807) is 27.0 Å². The lowest BCUT2D eigenvalue weighted by Gasteiger charge is -2.08. The number of oxazole rings is 1. The van der Waals surface area contributed by atoms with E-state index in [9.17, 15) is 4.79 Å². The molecule has 4 aromatic rings. The highest BCUT2D eigenvalue weighted by Gasteiger charge is 2.17. The SMILES string of the molecule is COc1ccc2cc(C(=O)OCc3nc(-c4ccccc4)oc3C)c(C)nc2c1. The summed E-state index contributed by atoms with van der Waals surface area (Å²) in [5.41, 5.74) is 3.24. The zero-order valence-corrected chi connectivity index (χ0v) is 16.4. The quantitative estimate of drug-likeness (QED) is 0.454. The number of pyridine rings is 1. The topological polar surface area (TPSA) is 74.5 Å². The number of benzene rings is 2. The molecule has 0 saturated heterocycles. The number of aryl methyl sites for hydroxylation is 2. The summed E-state index contributed by atoms with van der Waals surface area (Å²) in [5.74, 6) is 1.40. The number of methoxy groups -OCH3 is 1. The standard InChI is InChI=1S/C23H20N2O4/c1-14-19(11-17-9-10-18(27-3)12-20(17)24-14)23(26)28-13-21-15(2)29-22(25-21)16-7-5-4-6-8-16/h4-12H,13H2,1-3H3. The number of fused-ring (bicyclic) bond motifs is 1. The maximum atomic E-state index is 12.6. The minimum absolute atomic E-state index is 0.0289. The predicted octanol–water partition coefficient (Wildman–Crippen LogP) is 4.87. The molecular weight excluding hydrogens is 368 g/mol. The van der Waals surface area contributed by atoms with Crippen LogP contribution in [0.1, 0.15) is 27.5 Å². The lowest BCUT2D eigenvalue weighted by molar-refractivity contribution is 0.0465. The van der Waals surface area contributed by atoms with Crippen LogP contribution in [-0.2, 0) is 11.3 Å². The molecule has 2 aromatic heterocycles. The number of esters is 1. The van der Waals surface area contributed by atoms with E-state index in [-0.39, 0.29) is 6.61 Å². The second-order valence-corrected chi connectivity index (χ2v) is 6.64. The number of hydrogen-bond acceptors (Lipinski definition) is 6. The van der Waals surface area contributed by atoms with Crippen LogP contribution in [0, 0.1) is 13.8 Å². The Morgan fingerprint density at radius 1 is 1.03 bits per heavy atom. The fourth-order valence-corrected chi connectivity index (χ4v) is 3.05. The Labute approximate surface area is 168 Å². The van der Waals surface area contributed by atoms with Gasteiger partial charge in [-0.25, -0.2) is 9.78 Å². The monoisotopic (exact) mass is 388 g/mol. The predicted molar refractivity (Wildman–Crippen MR) is 109 cm³/mol. The molecule has 0 spiro atoms. The Hall–Kier alpha value is -3.67. The van der Waals surface area contributed by atoms with E-state index in [2.05, 4.69) is 9.97 Å². The molecule has 2 aromatic carbocycles. The van der Waals surface area contributed by atoms with E-state index >= 15 is 0 Å². The lowest BCUT2D eigenvalue weighted by atomic mass is 10.1. The molecule has 0 aliphatic rings. The number of rotatable bonds is 5. The van der Waals surface area contributed by atoms with Gasteiger partial charge in [0.25, 0.3) is 0 Å². The van der Waals surface area contributed by atoms with Gasteiger partial charge in [0.05, 0.1) is 23.9 Å². The van der Waals surface area contributed by atoms with Crippen LogP contribution in [0.15, 0.2) is 59.0 Å². The molecule has 0 bridgehead atoms. The minimum atomic E-state index is -0.448. The summed E-state index contributed by atoms with van der Waals surface area (Å²) in [5, 5.41) is 0.840. The molecule has 4 rings (SSSR count). The van der Waals surface area contributed by atoms with Gasteiger partial charge in [-0.2, -0.15) is 0 Å². The maximum Gasteiger partial charge on any atom is 0.340 e. The first kappa shape index (κ1) is 18.7. The molecule has 6 heteroatoms. The first-order valence-corrected chi connectivity index (χ1v) is 9.19.